The van der Waals surface area contributed by atoms with Crippen molar-refractivity contribution in [3.05, 3.63) is 52.5 Å². The van der Waals surface area contributed by atoms with Crippen LogP contribution in [-0.2, 0) is 15.9 Å². The zero-order chi connectivity index (χ0) is 21.0. The van der Waals surface area contributed by atoms with Gasteiger partial charge in [0.25, 0.3) is 0 Å². The first kappa shape index (κ1) is 24.4. The minimum atomic E-state index is -4.64. The van der Waals surface area contributed by atoms with E-state index in [4.69, 9.17) is 24.4 Å². The molecule has 2 aromatic rings. The third-order valence-electron chi connectivity index (χ3n) is 2.64. The molecule has 27 heavy (non-hydrogen) atoms. The van der Waals surface area contributed by atoms with E-state index in [1.807, 2.05) is 30.3 Å². The predicted octanol–water partition coefficient (Wildman–Crippen LogP) is 0.808. The normalized spacial score (nSPS) is 10.0. The smallest absolute Gasteiger partial charge is 0.392 e. The van der Waals surface area contributed by atoms with E-state index >= 15 is 0 Å². The Morgan fingerprint density at radius 3 is 2.22 bits per heavy atom. The highest BCUT2D eigenvalue weighted by atomic mass is 31.2. The molecule has 1 heterocycles. The van der Waals surface area contributed by atoms with Crippen molar-refractivity contribution in [1.29, 1.82) is 0 Å². The fourth-order valence-electron chi connectivity index (χ4n) is 1.70. The standard InChI is InChI=1S/C8H9NO.C6H9N3O3.H3O4P/c1-7(10)9-8-5-3-2-4-6-8;1-5-7-4-6(9(11)12)8(5)2-3-10;1-5(2,3)4/h2-6H,1H3,(H,9,10);4,10H,2-3H2,1H3;(H3,1,2,3,4). The van der Waals surface area contributed by atoms with Gasteiger partial charge in [-0.2, -0.15) is 0 Å². The molecule has 2 rings (SSSR count). The van der Waals surface area contributed by atoms with Gasteiger partial charge in [-0.25, -0.2) is 14.1 Å². The average Bonchev–Trinajstić information content (AvgIpc) is 2.88. The van der Waals surface area contributed by atoms with Gasteiger partial charge in [0.05, 0.1) is 6.61 Å². The van der Waals surface area contributed by atoms with E-state index in [2.05, 4.69) is 10.3 Å². The number of carbonyl (C=O) groups excluding carboxylic acids is 1. The van der Waals surface area contributed by atoms with E-state index in [-0.39, 0.29) is 24.9 Å². The summed E-state index contributed by atoms with van der Waals surface area (Å²) >= 11 is 0. The Balaban J connectivity index is 0.000000408. The second-order valence-corrected chi connectivity index (χ2v) is 5.88. The van der Waals surface area contributed by atoms with Crippen molar-refractivity contribution in [2.24, 2.45) is 0 Å². The molecule has 12 nitrogen and oxygen atoms in total. The third kappa shape index (κ3) is 12.4. The summed E-state index contributed by atoms with van der Waals surface area (Å²) < 4.78 is 10.2. The van der Waals surface area contributed by atoms with Gasteiger partial charge in [-0.1, -0.05) is 18.2 Å². The van der Waals surface area contributed by atoms with Gasteiger partial charge in [-0.3, -0.25) is 4.79 Å². The number of aromatic nitrogens is 2. The Kier molecular flexibility index (Phi) is 10.7. The second kappa shape index (κ2) is 11.9. The van der Waals surface area contributed by atoms with Crippen molar-refractivity contribution < 1.29 is 34.1 Å². The predicted molar refractivity (Wildman–Crippen MR) is 95.7 cm³/mol. The van der Waals surface area contributed by atoms with Crippen molar-refractivity contribution in [3.8, 4) is 0 Å². The summed E-state index contributed by atoms with van der Waals surface area (Å²) in [5.74, 6) is 0.420. The number of hydrogen-bond donors (Lipinski definition) is 5. The zero-order valence-electron chi connectivity index (χ0n) is 14.6. The number of anilines is 1. The Bertz CT molecular complexity index is 766. The summed E-state index contributed by atoms with van der Waals surface area (Å²) in [4.78, 5) is 45.7. The highest BCUT2D eigenvalue weighted by Crippen LogP contribution is 2.25. The Labute approximate surface area is 154 Å². The van der Waals surface area contributed by atoms with Gasteiger partial charge >= 0.3 is 13.6 Å². The number of nitro groups is 1. The van der Waals surface area contributed by atoms with Crippen LogP contribution in [0, 0.1) is 17.0 Å². The highest BCUT2D eigenvalue weighted by molar-refractivity contribution is 7.45. The molecule has 0 aliphatic heterocycles. The molecule has 0 unspecified atom stereocenters. The molecule has 5 N–H and O–H groups in total. The number of aryl methyl sites for hydroxylation is 1. The number of nitrogens with one attached hydrogen (secondary N) is 1. The van der Waals surface area contributed by atoms with Crippen LogP contribution in [0.2, 0.25) is 0 Å². The summed E-state index contributed by atoms with van der Waals surface area (Å²) in [6.07, 6.45) is 1.19. The van der Waals surface area contributed by atoms with E-state index in [1.54, 1.807) is 6.92 Å². The molecule has 0 spiro atoms. The molecule has 0 radical (unpaired) electrons. The maximum atomic E-state index is 10.5. The zero-order valence-corrected chi connectivity index (χ0v) is 15.5. The molecule has 1 aromatic heterocycles. The molecular weight excluding hydrogens is 383 g/mol. The number of carbonyl (C=O) groups is 1. The Morgan fingerprint density at radius 1 is 1.30 bits per heavy atom. The minimum absolute atomic E-state index is 0.0359. The van der Waals surface area contributed by atoms with Gasteiger partial charge in [-0.15, -0.1) is 0 Å². The summed E-state index contributed by atoms with van der Waals surface area (Å²) in [5.41, 5.74) is 0.843. The van der Waals surface area contributed by atoms with E-state index in [0.717, 1.165) is 5.69 Å². The van der Waals surface area contributed by atoms with Crippen LogP contribution in [0.5, 0.6) is 0 Å². The number of aliphatic hydroxyl groups is 1. The quantitative estimate of drug-likeness (QED) is 0.279. The monoisotopic (exact) mass is 404 g/mol. The SMILES string of the molecule is CC(=O)Nc1ccccc1.Cc1ncc([N+](=O)[O-])n1CCO.O=P(O)(O)O. The number of nitrogens with zero attached hydrogens (tertiary/aromatic N) is 3. The maximum absolute atomic E-state index is 10.5. The van der Waals surface area contributed by atoms with Crippen LogP contribution >= 0.6 is 7.82 Å². The molecule has 13 heteroatoms. The maximum Gasteiger partial charge on any atom is 0.466 e. The topological polar surface area (TPSA) is 188 Å². The Morgan fingerprint density at radius 2 is 1.81 bits per heavy atom. The fraction of sp³-hybridized carbons (Fsp3) is 0.286. The van der Waals surface area contributed by atoms with Gasteiger partial charge < -0.3 is 35.2 Å². The van der Waals surface area contributed by atoms with E-state index in [1.165, 1.54) is 17.7 Å². The molecule has 150 valence electrons. The van der Waals surface area contributed by atoms with Crippen LogP contribution < -0.4 is 5.32 Å². The molecule has 0 saturated heterocycles. The molecule has 0 atom stereocenters. The number of aliphatic hydroxyl groups excluding tert-OH is 1. The number of hydrogen-bond acceptors (Lipinski definition) is 6. The van der Waals surface area contributed by atoms with Crippen LogP contribution in [-0.4, -0.2) is 46.8 Å². The Hall–Kier alpha value is -2.63. The molecule has 1 aromatic carbocycles. The lowest BCUT2D eigenvalue weighted by Gasteiger charge is -1.98. The third-order valence-corrected chi connectivity index (χ3v) is 2.64. The first-order valence-corrected chi connectivity index (χ1v) is 8.90. The average molecular weight is 404 g/mol. The fourth-order valence-corrected chi connectivity index (χ4v) is 1.70. The van der Waals surface area contributed by atoms with Crippen molar-refractivity contribution in [3.63, 3.8) is 0 Å². The summed E-state index contributed by atoms with van der Waals surface area (Å²) in [5, 5.41) is 21.6. The van der Waals surface area contributed by atoms with Gasteiger partial charge in [0.15, 0.2) is 5.82 Å². The second-order valence-electron chi connectivity index (χ2n) is 4.86. The van der Waals surface area contributed by atoms with Crippen LogP contribution in [0.25, 0.3) is 0 Å². The lowest BCUT2D eigenvalue weighted by Crippen LogP contribution is -2.07. The number of amides is 1. The molecule has 0 saturated carbocycles. The number of imidazole rings is 1. The first-order chi connectivity index (χ1) is 12.5. The molecule has 0 aliphatic carbocycles. The molecule has 0 aliphatic rings. The lowest BCUT2D eigenvalue weighted by molar-refractivity contribution is -0.392. The molecule has 0 fully saturated rings. The number of benzene rings is 1. The lowest BCUT2D eigenvalue weighted by atomic mass is 10.3. The number of para-hydroxylation sites is 1. The number of rotatable bonds is 4. The van der Waals surface area contributed by atoms with Crippen LogP contribution in [0.1, 0.15) is 12.7 Å². The van der Waals surface area contributed by atoms with E-state index in [0.29, 0.717) is 5.82 Å². The van der Waals surface area contributed by atoms with Crippen molar-refractivity contribution >= 4 is 25.2 Å². The van der Waals surface area contributed by atoms with E-state index < -0.39 is 12.7 Å². The van der Waals surface area contributed by atoms with Crippen molar-refractivity contribution in [1.82, 2.24) is 9.55 Å². The van der Waals surface area contributed by atoms with Crippen LogP contribution in [0.15, 0.2) is 36.5 Å². The van der Waals surface area contributed by atoms with Gasteiger partial charge in [0.1, 0.15) is 12.7 Å². The van der Waals surface area contributed by atoms with Gasteiger partial charge in [-0.05, 0) is 17.1 Å². The van der Waals surface area contributed by atoms with E-state index in [9.17, 15) is 14.9 Å². The molecule has 0 bridgehead atoms. The van der Waals surface area contributed by atoms with Gasteiger partial charge in [0, 0.05) is 19.5 Å². The minimum Gasteiger partial charge on any atom is -0.392 e. The highest BCUT2D eigenvalue weighted by Gasteiger charge is 2.15. The molecular formula is C14H21N4O8P. The van der Waals surface area contributed by atoms with Crippen LogP contribution in [0.4, 0.5) is 11.5 Å². The van der Waals surface area contributed by atoms with Gasteiger partial charge in [0.2, 0.25) is 5.91 Å². The van der Waals surface area contributed by atoms with Crippen molar-refractivity contribution in [2.45, 2.75) is 20.4 Å². The van der Waals surface area contributed by atoms with Crippen LogP contribution in [0.3, 0.4) is 0 Å². The summed E-state index contributed by atoms with van der Waals surface area (Å²) in [6.45, 7) is 3.23. The molecule has 1 amide bonds. The summed E-state index contributed by atoms with van der Waals surface area (Å²) in [6, 6.07) is 9.37. The summed E-state index contributed by atoms with van der Waals surface area (Å²) in [7, 11) is -4.64. The largest absolute Gasteiger partial charge is 0.466 e. The number of phosphoric acid groups is 1. The van der Waals surface area contributed by atoms with Crippen molar-refractivity contribution in [2.75, 3.05) is 11.9 Å². The first-order valence-electron chi connectivity index (χ1n) is 7.34.